The summed E-state index contributed by atoms with van der Waals surface area (Å²) in [6.07, 6.45) is 3.08. The molecule has 1 unspecified atom stereocenters. The van der Waals surface area contributed by atoms with Crippen LogP contribution in [0.3, 0.4) is 0 Å². The summed E-state index contributed by atoms with van der Waals surface area (Å²) in [5, 5.41) is 13.7. The van der Waals surface area contributed by atoms with Gasteiger partial charge >= 0.3 is 0 Å². The molecule has 1 aromatic carbocycles. The number of aromatic nitrogens is 1. The van der Waals surface area contributed by atoms with Gasteiger partial charge in [-0.15, -0.1) is 0 Å². The van der Waals surface area contributed by atoms with Crippen LogP contribution in [0.15, 0.2) is 48.8 Å². The van der Waals surface area contributed by atoms with Crippen LogP contribution in [-0.2, 0) is 5.60 Å². The summed E-state index contributed by atoms with van der Waals surface area (Å²) in [4.78, 5) is 15.8. The standard InChI is InChI=1S/C15H15ClN2O2/c1-15(20,12-4-6-13(16)7-5-12)10-18-14(19)11-3-2-8-17-9-11/h2-9,20H,10H2,1H3,(H,18,19). The van der Waals surface area contributed by atoms with Crippen molar-refractivity contribution in [3.05, 3.63) is 64.9 Å². The monoisotopic (exact) mass is 290 g/mol. The first-order valence-corrected chi connectivity index (χ1v) is 6.53. The number of rotatable bonds is 4. The Morgan fingerprint density at radius 3 is 2.65 bits per heavy atom. The minimum atomic E-state index is -1.16. The van der Waals surface area contributed by atoms with Crippen LogP contribution in [0.5, 0.6) is 0 Å². The van der Waals surface area contributed by atoms with Gasteiger partial charge in [-0.2, -0.15) is 0 Å². The van der Waals surface area contributed by atoms with Crippen LogP contribution in [0, 0.1) is 0 Å². The van der Waals surface area contributed by atoms with Gasteiger partial charge in [-0.3, -0.25) is 9.78 Å². The lowest BCUT2D eigenvalue weighted by atomic mass is 9.96. The summed E-state index contributed by atoms with van der Waals surface area (Å²) in [7, 11) is 0. The summed E-state index contributed by atoms with van der Waals surface area (Å²) in [6.45, 7) is 1.74. The molecular weight excluding hydrogens is 276 g/mol. The summed E-state index contributed by atoms with van der Waals surface area (Å²) < 4.78 is 0. The topological polar surface area (TPSA) is 62.2 Å². The first-order valence-electron chi connectivity index (χ1n) is 6.16. The molecule has 0 spiro atoms. The maximum Gasteiger partial charge on any atom is 0.252 e. The molecule has 0 aliphatic carbocycles. The van der Waals surface area contributed by atoms with Gasteiger partial charge in [0, 0.05) is 17.4 Å². The molecule has 0 aliphatic rings. The summed E-state index contributed by atoms with van der Waals surface area (Å²) in [5.41, 5.74) is -0.0181. The van der Waals surface area contributed by atoms with E-state index in [1.54, 1.807) is 49.5 Å². The molecule has 104 valence electrons. The molecule has 4 nitrogen and oxygen atoms in total. The van der Waals surface area contributed by atoms with E-state index < -0.39 is 5.60 Å². The molecule has 0 radical (unpaired) electrons. The van der Waals surface area contributed by atoms with Crippen molar-refractivity contribution in [2.24, 2.45) is 0 Å². The van der Waals surface area contributed by atoms with Crippen LogP contribution in [0.1, 0.15) is 22.8 Å². The van der Waals surface area contributed by atoms with Crippen LogP contribution in [0.25, 0.3) is 0 Å². The lowest BCUT2D eigenvalue weighted by molar-refractivity contribution is 0.0526. The number of carbonyl (C=O) groups is 1. The summed E-state index contributed by atoms with van der Waals surface area (Å²) in [5.74, 6) is -0.271. The first kappa shape index (κ1) is 14.5. The van der Waals surface area contributed by atoms with E-state index in [-0.39, 0.29) is 12.5 Å². The number of amides is 1. The van der Waals surface area contributed by atoms with Gasteiger partial charge < -0.3 is 10.4 Å². The maximum absolute atomic E-state index is 11.9. The molecule has 2 aromatic rings. The van der Waals surface area contributed by atoms with E-state index >= 15 is 0 Å². The van der Waals surface area contributed by atoms with Gasteiger partial charge in [0.15, 0.2) is 0 Å². The fourth-order valence-corrected chi connectivity index (χ4v) is 1.89. The Kier molecular flexibility index (Phi) is 4.37. The van der Waals surface area contributed by atoms with E-state index in [4.69, 9.17) is 11.6 Å². The predicted molar refractivity (Wildman–Crippen MR) is 77.6 cm³/mol. The molecule has 0 aliphatic heterocycles. The van der Waals surface area contributed by atoms with Crippen molar-refractivity contribution in [1.82, 2.24) is 10.3 Å². The van der Waals surface area contributed by atoms with Gasteiger partial charge in [0.25, 0.3) is 5.91 Å². The second-order valence-electron chi connectivity index (χ2n) is 4.71. The molecule has 0 saturated heterocycles. The largest absolute Gasteiger partial charge is 0.384 e. The molecular formula is C15H15ClN2O2. The van der Waals surface area contributed by atoms with Gasteiger partial charge in [-0.05, 0) is 36.8 Å². The fourth-order valence-electron chi connectivity index (χ4n) is 1.76. The number of hydrogen-bond acceptors (Lipinski definition) is 3. The Balaban J connectivity index is 2.02. The lowest BCUT2D eigenvalue weighted by Crippen LogP contribution is -2.38. The number of nitrogens with zero attached hydrogens (tertiary/aromatic N) is 1. The van der Waals surface area contributed by atoms with E-state index in [0.29, 0.717) is 16.1 Å². The Hall–Kier alpha value is -1.91. The zero-order valence-electron chi connectivity index (χ0n) is 11.0. The highest BCUT2D eigenvalue weighted by atomic mass is 35.5. The first-order chi connectivity index (χ1) is 9.49. The fraction of sp³-hybridized carbons (Fsp3) is 0.200. The zero-order chi connectivity index (χ0) is 14.6. The van der Waals surface area contributed by atoms with E-state index in [9.17, 15) is 9.90 Å². The number of benzene rings is 1. The third kappa shape index (κ3) is 3.56. The van der Waals surface area contributed by atoms with Crippen molar-refractivity contribution >= 4 is 17.5 Å². The molecule has 20 heavy (non-hydrogen) atoms. The molecule has 1 amide bonds. The van der Waals surface area contributed by atoms with Crippen LogP contribution >= 0.6 is 11.6 Å². The second kappa shape index (κ2) is 6.03. The van der Waals surface area contributed by atoms with E-state index in [2.05, 4.69) is 10.3 Å². The minimum Gasteiger partial charge on any atom is -0.384 e. The zero-order valence-corrected chi connectivity index (χ0v) is 11.8. The van der Waals surface area contributed by atoms with Crippen molar-refractivity contribution < 1.29 is 9.90 Å². The summed E-state index contributed by atoms with van der Waals surface area (Å²) in [6, 6.07) is 10.2. The predicted octanol–water partition coefficient (Wildman–Crippen LogP) is 2.37. The van der Waals surface area contributed by atoms with Gasteiger partial charge in [-0.1, -0.05) is 23.7 Å². The number of pyridine rings is 1. The Labute approximate surface area is 122 Å². The molecule has 1 atom stereocenters. The number of nitrogens with one attached hydrogen (secondary N) is 1. The molecule has 0 bridgehead atoms. The van der Waals surface area contributed by atoms with Crippen LogP contribution in [0.2, 0.25) is 5.02 Å². The molecule has 5 heteroatoms. The average molecular weight is 291 g/mol. The van der Waals surface area contributed by atoms with E-state index in [1.807, 2.05) is 0 Å². The smallest absolute Gasteiger partial charge is 0.252 e. The third-order valence-corrected chi connectivity index (χ3v) is 3.23. The Bertz CT molecular complexity index is 583. The number of aliphatic hydroxyl groups is 1. The van der Waals surface area contributed by atoms with Gasteiger partial charge in [0.1, 0.15) is 5.60 Å². The molecule has 0 saturated carbocycles. The highest BCUT2D eigenvalue weighted by Gasteiger charge is 2.23. The van der Waals surface area contributed by atoms with E-state index in [1.165, 1.54) is 6.20 Å². The van der Waals surface area contributed by atoms with Crippen molar-refractivity contribution in [3.8, 4) is 0 Å². The van der Waals surface area contributed by atoms with Gasteiger partial charge in [0.2, 0.25) is 0 Å². The van der Waals surface area contributed by atoms with Crippen molar-refractivity contribution in [2.75, 3.05) is 6.54 Å². The molecule has 1 aromatic heterocycles. The number of halogens is 1. The quantitative estimate of drug-likeness (QED) is 0.909. The minimum absolute atomic E-state index is 0.0996. The maximum atomic E-state index is 11.9. The Morgan fingerprint density at radius 2 is 2.05 bits per heavy atom. The van der Waals surface area contributed by atoms with Gasteiger partial charge in [0.05, 0.1) is 12.1 Å². The molecule has 0 fully saturated rings. The lowest BCUT2D eigenvalue weighted by Gasteiger charge is -2.24. The van der Waals surface area contributed by atoms with Crippen LogP contribution in [0.4, 0.5) is 0 Å². The van der Waals surface area contributed by atoms with Crippen molar-refractivity contribution in [1.29, 1.82) is 0 Å². The highest BCUT2D eigenvalue weighted by molar-refractivity contribution is 6.30. The normalized spacial score (nSPS) is 13.6. The summed E-state index contributed by atoms with van der Waals surface area (Å²) >= 11 is 5.81. The van der Waals surface area contributed by atoms with Crippen LogP contribution in [-0.4, -0.2) is 22.5 Å². The second-order valence-corrected chi connectivity index (χ2v) is 5.14. The SMILES string of the molecule is CC(O)(CNC(=O)c1cccnc1)c1ccc(Cl)cc1. The average Bonchev–Trinajstić information content (AvgIpc) is 2.46. The van der Waals surface area contributed by atoms with Crippen molar-refractivity contribution in [3.63, 3.8) is 0 Å². The number of carbonyl (C=O) groups excluding carboxylic acids is 1. The molecule has 2 N–H and O–H groups in total. The van der Waals surface area contributed by atoms with Crippen molar-refractivity contribution in [2.45, 2.75) is 12.5 Å². The third-order valence-electron chi connectivity index (χ3n) is 2.98. The Morgan fingerprint density at radius 1 is 1.35 bits per heavy atom. The van der Waals surface area contributed by atoms with E-state index in [0.717, 1.165) is 0 Å². The molecule has 2 rings (SSSR count). The van der Waals surface area contributed by atoms with Crippen LogP contribution < -0.4 is 5.32 Å². The molecule has 1 heterocycles. The van der Waals surface area contributed by atoms with Gasteiger partial charge in [-0.25, -0.2) is 0 Å². The highest BCUT2D eigenvalue weighted by Crippen LogP contribution is 2.21. The number of hydrogen-bond donors (Lipinski definition) is 2.